The number of para-hydroxylation sites is 1. The van der Waals surface area contributed by atoms with Gasteiger partial charge in [-0.3, -0.25) is 14.9 Å². The third-order valence-corrected chi connectivity index (χ3v) is 2.85. The molecule has 0 fully saturated rings. The van der Waals surface area contributed by atoms with Crippen molar-refractivity contribution in [3.05, 3.63) is 58.6 Å². The number of nitro groups is 1. The minimum atomic E-state index is -0.479. The molecular weight excluding hydrogens is 270 g/mol. The van der Waals surface area contributed by atoms with E-state index in [4.69, 9.17) is 0 Å². The molecule has 21 heavy (non-hydrogen) atoms. The van der Waals surface area contributed by atoms with E-state index in [0.29, 0.717) is 17.8 Å². The van der Waals surface area contributed by atoms with Gasteiger partial charge in [-0.1, -0.05) is 25.1 Å². The molecule has 2 aromatic carbocycles. The fourth-order valence-electron chi connectivity index (χ4n) is 1.79. The fourth-order valence-corrected chi connectivity index (χ4v) is 1.79. The molecule has 0 spiro atoms. The predicted molar refractivity (Wildman–Crippen MR) is 81.7 cm³/mol. The number of nitrogens with one attached hydrogen (secondary N) is 2. The van der Waals surface area contributed by atoms with Crippen LogP contribution in [0.1, 0.15) is 13.3 Å². The zero-order chi connectivity index (χ0) is 15.2. The minimum Gasteiger partial charge on any atom is -0.350 e. The van der Waals surface area contributed by atoms with Gasteiger partial charge in [0.25, 0.3) is 5.69 Å². The van der Waals surface area contributed by atoms with E-state index in [1.54, 1.807) is 19.1 Å². The van der Waals surface area contributed by atoms with Crippen LogP contribution in [0.5, 0.6) is 0 Å². The third kappa shape index (κ3) is 3.79. The van der Waals surface area contributed by atoms with Crippen molar-refractivity contribution in [2.75, 3.05) is 10.6 Å². The molecule has 1 amide bonds. The zero-order valence-corrected chi connectivity index (χ0v) is 11.5. The Hall–Kier alpha value is -2.89. The van der Waals surface area contributed by atoms with Gasteiger partial charge in [0, 0.05) is 23.9 Å². The van der Waals surface area contributed by atoms with E-state index in [9.17, 15) is 14.9 Å². The lowest BCUT2D eigenvalue weighted by atomic mass is 10.2. The highest BCUT2D eigenvalue weighted by atomic mass is 16.6. The molecule has 0 unspecified atom stereocenters. The second kappa shape index (κ2) is 6.51. The summed E-state index contributed by atoms with van der Waals surface area (Å²) in [5, 5.41) is 16.8. The highest BCUT2D eigenvalue weighted by Crippen LogP contribution is 2.30. The molecule has 2 aromatic rings. The maximum Gasteiger partial charge on any atom is 0.294 e. The lowest BCUT2D eigenvalue weighted by Gasteiger charge is -2.09. The van der Waals surface area contributed by atoms with Gasteiger partial charge in [-0.25, -0.2) is 0 Å². The van der Waals surface area contributed by atoms with E-state index in [2.05, 4.69) is 10.6 Å². The molecule has 2 rings (SSSR count). The summed E-state index contributed by atoms with van der Waals surface area (Å²) in [6, 6.07) is 13.7. The average Bonchev–Trinajstić information content (AvgIpc) is 2.49. The van der Waals surface area contributed by atoms with E-state index in [1.807, 2.05) is 30.3 Å². The van der Waals surface area contributed by atoms with Gasteiger partial charge in [0.2, 0.25) is 5.91 Å². The number of benzene rings is 2. The van der Waals surface area contributed by atoms with Crippen LogP contribution in [0.15, 0.2) is 48.5 Å². The molecular formula is C15H15N3O3. The number of hydrogen-bond acceptors (Lipinski definition) is 4. The average molecular weight is 285 g/mol. The van der Waals surface area contributed by atoms with Gasteiger partial charge in [-0.2, -0.15) is 0 Å². The third-order valence-electron chi connectivity index (χ3n) is 2.85. The first-order chi connectivity index (χ1) is 10.1. The molecule has 0 heterocycles. The van der Waals surface area contributed by atoms with Gasteiger partial charge in [-0.05, 0) is 24.3 Å². The van der Waals surface area contributed by atoms with Crippen LogP contribution in [0, 0.1) is 10.1 Å². The molecule has 0 saturated carbocycles. The summed E-state index contributed by atoms with van der Waals surface area (Å²) < 4.78 is 0. The van der Waals surface area contributed by atoms with Crippen molar-refractivity contribution in [2.45, 2.75) is 13.3 Å². The summed E-state index contributed by atoms with van der Waals surface area (Å²) in [6.45, 7) is 1.72. The highest BCUT2D eigenvalue weighted by molar-refractivity contribution is 5.91. The standard InChI is InChI=1S/C15H15N3O3/c1-2-15(19)17-12-8-9-13(14(10-12)18(20)21)16-11-6-4-3-5-7-11/h3-10,16H,2H2,1H3,(H,17,19). The van der Waals surface area contributed by atoms with Crippen LogP contribution < -0.4 is 10.6 Å². The number of anilines is 3. The minimum absolute atomic E-state index is 0.0900. The van der Waals surface area contributed by atoms with Crippen molar-refractivity contribution in [1.82, 2.24) is 0 Å². The normalized spacial score (nSPS) is 9.95. The van der Waals surface area contributed by atoms with Gasteiger partial charge >= 0.3 is 0 Å². The molecule has 108 valence electrons. The van der Waals surface area contributed by atoms with Crippen LogP contribution in [0.4, 0.5) is 22.7 Å². The number of nitrogens with zero attached hydrogens (tertiary/aromatic N) is 1. The number of carbonyl (C=O) groups is 1. The summed E-state index contributed by atoms with van der Waals surface area (Å²) in [4.78, 5) is 22.0. The largest absolute Gasteiger partial charge is 0.350 e. The number of nitro benzene ring substituents is 1. The van der Waals surface area contributed by atoms with Crippen LogP contribution in [0.3, 0.4) is 0 Å². The smallest absolute Gasteiger partial charge is 0.294 e. The molecule has 6 heteroatoms. The molecule has 0 aromatic heterocycles. The fraction of sp³-hybridized carbons (Fsp3) is 0.133. The van der Waals surface area contributed by atoms with Gasteiger partial charge in [-0.15, -0.1) is 0 Å². The monoisotopic (exact) mass is 285 g/mol. The molecule has 0 aliphatic heterocycles. The Balaban J connectivity index is 2.29. The Morgan fingerprint density at radius 2 is 1.86 bits per heavy atom. The molecule has 0 atom stereocenters. The number of amides is 1. The Morgan fingerprint density at radius 3 is 2.48 bits per heavy atom. The lowest BCUT2D eigenvalue weighted by molar-refractivity contribution is -0.383. The Labute approximate surface area is 121 Å². The maximum atomic E-state index is 11.3. The molecule has 0 aliphatic rings. The Kier molecular flexibility index (Phi) is 4.50. The van der Waals surface area contributed by atoms with E-state index < -0.39 is 4.92 Å². The summed E-state index contributed by atoms with van der Waals surface area (Å²) in [5.74, 6) is -0.187. The summed E-state index contributed by atoms with van der Waals surface area (Å²) in [5.41, 5.74) is 1.45. The predicted octanol–water partition coefficient (Wildman–Crippen LogP) is 3.69. The summed E-state index contributed by atoms with van der Waals surface area (Å²) >= 11 is 0. The lowest BCUT2D eigenvalue weighted by Crippen LogP contribution is -2.09. The number of rotatable bonds is 5. The topological polar surface area (TPSA) is 84.3 Å². The van der Waals surface area contributed by atoms with Crippen LogP contribution in [0.2, 0.25) is 0 Å². The van der Waals surface area contributed by atoms with Crippen LogP contribution in [-0.4, -0.2) is 10.8 Å². The van der Waals surface area contributed by atoms with Gasteiger partial charge in [0.15, 0.2) is 0 Å². The van der Waals surface area contributed by atoms with E-state index >= 15 is 0 Å². The van der Waals surface area contributed by atoms with E-state index in [0.717, 1.165) is 5.69 Å². The van der Waals surface area contributed by atoms with Gasteiger partial charge in [0.05, 0.1) is 4.92 Å². The van der Waals surface area contributed by atoms with E-state index in [-0.39, 0.29) is 11.6 Å². The molecule has 0 saturated heterocycles. The van der Waals surface area contributed by atoms with Gasteiger partial charge in [0.1, 0.15) is 5.69 Å². The second-order valence-electron chi connectivity index (χ2n) is 4.38. The Bertz CT molecular complexity index is 656. The zero-order valence-electron chi connectivity index (χ0n) is 11.5. The van der Waals surface area contributed by atoms with Crippen molar-refractivity contribution in [3.8, 4) is 0 Å². The van der Waals surface area contributed by atoms with Crippen LogP contribution in [0.25, 0.3) is 0 Å². The quantitative estimate of drug-likeness (QED) is 0.648. The molecule has 0 bridgehead atoms. The first kappa shape index (κ1) is 14.5. The summed E-state index contributed by atoms with van der Waals surface area (Å²) in [6.07, 6.45) is 0.317. The molecule has 0 aliphatic carbocycles. The first-order valence-electron chi connectivity index (χ1n) is 6.50. The SMILES string of the molecule is CCC(=O)Nc1ccc(Nc2ccccc2)c([N+](=O)[O-])c1. The van der Waals surface area contributed by atoms with Crippen LogP contribution >= 0.6 is 0 Å². The summed E-state index contributed by atoms with van der Waals surface area (Å²) in [7, 11) is 0. The van der Waals surface area contributed by atoms with Gasteiger partial charge < -0.3 is 10.6 Å². The van der Waals surface area contributed by atoms with E-state index in [1.165, 1.54) is 6.07 Å². The van der Waals surface area contributed by atoms with Crippen LogP contribution in [-0.2, 0) is 4.79 Å². The highest BCUT2D eigenvalue weighted by Gasteiger charge is 2.15. The maximum absolute atomic E-state index is 11.3. The second-order valence-corrected chi connectivity index (χ2v) is 4.38. The first-order valence-corrected chi connectivity index (χ1v) is 6.50. The molecule has 6 nitrogen and oxygen atoms in total. The number of carbonyl (C=O) groups excluding carboxylic acids is 1. The molecule has 2 N–H and O–H groups in total. The van der Waals surface area contributed by atoms with Crippen molar-refractivity contribution in [3.63, 3.8) is 0 Å². The Morgan fingerprint density at radius 1 is 1.14 bits per heavy atom. The van der Waals surface area contributed by atoms with Crippen molar-refractivity contribution >= 4 is 28.7 Å². The van der Waals surface area contributed by atoms with Crippen molar-refractivity contribution in [1.29, 1.82) is 0 Å². The number of hydrogen-bond donors (Lipinski definition) is 2. The van der Waals surface area contributed by atoms with Crippen molar-refractivity contribution < 1.29 is 9.72 Å². The van der Waals surface area contributed by atoms with Crippen molar-refractivity contribution in [2.24, 2.45) is 0 Å². The molecule has 0 radical (unpaired) electrons.